The molecule has 1 fully saturated rings. The lowest BCUT2D eigenvalue weighted by molar-refractivity contribution is 0.0694. The van der Waals surface area contributed by atoms with Gasteiger partial charge >= 0.3 is 0 Å². The Bertz CT molecular complexity index is 649. The number of carbonyl (C=O) groups excluding carboxylic acids is 1. The predicted octanol–water partition coefficient (Wildman–Crippen LogP) is 2.68. The first-order valence-corrected chi connectivity index (χ1v) is 8.95. The SMILES string of the molecule is CN(C)[C@@H]1CC[C@H](CO)CN(C(=O)c2cc3ccccc3s2)C1. The molecule has 2 heterocycles. The standard InChI is InChI=1S/C18H24N2O2S/c1-19(2)15-8-7-13(12-21)10-20(11-15)18(22)17-9-14-5-3-4-6-16(14)23-17/h3-6,9,13,15,21H,7-8,10-12H2,1-2H3/t13-,15+/m0/s1. The maximum atomic E-state index is 13.0. The minimum atomic E-state index is 0.0957. The van der Waals surface area contributed by atoms with Crippen LogP contribution in [0.3, 0.4) is 0 Å². The number of carbonyl (C=O) groups is 1. The molecule has 1 saturated heterocycles. The van der Waals surface area contributed by atoms with Gasteiger partial charge in [0.1, 0.15) is 0 Å². The molecule has 124 valence electrons. The van der Waals surface area contributed by atoms with Crippen LogP contribution in [0, 0.1) is 5.92 Å². The smallest absolute Gasteiger partial charge is 0.264 e. The van der Waals surface area contributed by atoms with Crippen LogP contribution in [0.15, 0.2) is 30.3 Å². The molecular formula is C18H24N2O2S. The molecule has 4 nitrogen and oxygen atoms in total. The number of benzene rings is 1. The highest BCUT2D eigenvalue weighted by atomic mass is 32.1. The van der Waals surface area contributed by atoms with E-state index < -0.39 is 0 Å². The van der Waals surface area contributed by atoms with Gasteiger partial charge in [0.25, 0.3) is 5.91 Å². The monoisotopic (exact) mass is 332 g/mol. The van der Waals surface area contributed by atoms with Gasteiger partial charge in [-0.15, -0.1) is 11.3 Å². The van der Waals surface area contributed by atoms with Crippen LogP contribution < -0.4 is 0 Å². The van der Waals surface area contributed by atoms with Crippen molar-refractivity contribution in [1.82, 2.24) is 9.80 Å². The van der Waals surface area contributed by atoms with Crippen LogP contribution in [-0.4, -0.2) is 60.6 Å². The summed E-state index contributed by atoms with van der Waals surface area (Å²) in [5.41, 5.74) is 0. The van der Waals surface area contributed by atoms with E-state index in [0.717, 1.165) is 34.3 Å². The quantitative estimate of drug-likeness (QED) is 0.940. The molecule has 1 aliphatic heterocycles. The minimum Gasteiger partial charge on any atom is -0.396 e. The first-order valence-electron chi connectivity index (χ1n) is 8.13. The van der Waals surface area contributed by atoms with Crippen molar-refractivity contribution in [1.29, 1.82) is 0 Å². The van der Waals surface area contributed by atoms with Gasteiger partial charge in [0.2, 0.25) is 0 Å². The lowest BCUT2D eigenvalue weighted by atomic mass is 10.0. The summed E-state index contributed by atoms with van der Waals surface area (Å²) in [5.74, 6) is 0.275. The van der Waals surface area contributed by atoms with Crippen LogP contribution in [-0.2, 0) is 0 Å². The average Bonchev–Trinajstić information content (AvgIpc) is 2.86. The largest absolute Gasteiger partial charge is 0.396 e. The van der Waals surface area contributed by atoms with Crippen LogP contribution in [0.4, 0.5) is 0 Å². The van der Waals surface area contributed by atoms with Gasteiger partial charge in [-0.25, -0.2) is 0 Å². The van der Waals surface area contributed by atoms with E-state index in [-0.39, 0.29) is 18.4 Å². The molecule has 0 bridgehead atoms. The molecule has 0 spiro atoms. The average molecular weight is 332 g/mol. The summed E-state index contributed by atoms with van der Waals surface area (Å²) < 4.78 is 1.15. The van der Waals surface area contributed by atoms with Crippen molar-refractivity contribution in [2.45, 2.75) is 18.9 Å². The molecule has 1 N–H and O–H groups in total. The molecule has 1 aromatic heterocycles. The summed E-state index contributed by atoms with van der Waals surface area (Å²) in [4.78, 5) is 17.9. The van der Waals surface area contributed by atoms with Gasteiger partial charge in [-0.3, -0.25) is 4.79 Å². The summed E-state index contributed by atoms with van der Waals surface area (Å²) in [6.45, 7) is 1.53. The van der Waals surface area contributed by atoms with Crippen LogP contribution in [0.2, 0.25) is 0 Å². The van der Waals surface area contributed by atoms with E-state index in [2.05, 4.69) is 25.1 Å². The molecule has 0 radical (unpaired) electrons. The number of rotatable bonds is 3. The number of amides is 1. The van der Waals surface area contributed by atoms with Crippen LogP contribution >= 0.6 is 11.3 Å². The third kappa shape index (κ3) is 3.57. The summed E-state index contributed by atoms with van der Waals surface area (Å²) in [7, 11) is 4.12. The van der Waals surface area contributed by atoms with E-state index in [1.165, 1.54) is 0 Å². The molecular weight excluding hydrogens is 308 g/mol. The molecule has 5 heteroatoms. The number of hydrogen-bond acceptors (Lipinski definition) is 4. The lowest BCUT2D eigenvalue weighted by Gasteiger charge is -2.28. The molecule has 23 heavy (non-hydrogen) atoms. The maximum absolute atomic E-state index is 13.0. The van der Waals surface area contributed by atoms with E-state index in [1.54, 1.807) is 11.3 Å². The summed E-state index contributed by atoms with van der Waals surface area (Å²) in [6, 6.07) is 10.4. The second kappa shape index (κ2) is 6.99. The number of nitrogens with zero attached hydrogens (tertiary/aromatic N) is 2. The Morgan fingerprint density at radius 2 is 2.09 bits per heavy atom. The normalized spacial score (nSPS) is 22.5. The van der Waals surface area contributed by atoms with Crippen molar-refractivity contribution in [3.8, 4) is 0 Å². The zero-order valence-corrected chi connectivity index (χ0v) is 14.6. The molecule has 1 aromatic carbocycles. The number of thiophene rings is 1. The fourth-order valence-corrected chi connectivity index (χ4v) is 4.26. The van der Waals surface area contributed by atoms with Crippen molar-refractivity contribution in [3.63, 3.8) is 0 Å². The number of fused-ring (bicyclic) bond motifs is 1. The molecule has 2 atom stereocenters. The summed E-state index contributed by atoms with van der Waals surface area (Å²) in [6.07, 6.45) is 1.99. The Kier molecular flexibility index (Phi) is 4.99. The van der Waals surface area contributed by atoms with E-state index in [1.807, 2.05) is 29.2 Å². The van der Waals surface area contributed by atoms with Gasteiger partial charge < -0.3 is 14.9 Å². The zero-order valence-electron chi connectivity index (χ0n) is 13.7. The molecule has 0 saturated carbocycles. The van der Waals surface area contributed by atoms with Gasteiger partial charge in [-0.05, 0) is 50.4 Å². The molecule has 1 amide bonds. The van der Waals surface area contributed by atoms with E-state index in [9.17, 15) is 9.90 Å². The summed E-state index contributed by atoms with van der Waals surface area (Å²) >= 11 is 1.56. The third-order valence-corrected chi connectivity index (χ3v) is 5.83. The van der Waals surface area contributed by atoms with Crippen LogP contribution in [0.5, 0.6) is 0 Å². The third-order valence-electron chi connectivity index (χ3n) is 4.73. The molecule has 3 rings (SSSR count). The maximum Gasteiger partial charge on any atom is 0.264 e. The Labute approximate surface area is 141 Å². The van der Waals surface area contributed by atoms with Crippen molar-refractivity contribution >= 4 is 27.3 Å². The van der Waals surface area contributed by atoms with E-state index in [4.69, 9.17) is 0 Å². The van der Waals surface area contributed by atoms with E-state index >= 15 is 0 Å². The second-order valence-corrected chi connectivity index (χ2v) is 7.69. The Morgan fingerprint density at radius 3 is 2.78 bits per heavy atom. The van der Waals surface area contributed by atoms with Gasteiger partial charge in [-0.1, -0.05) is 18.2 Å². The minimum absolute atomic E-state index is 0.0957. The van der Waals surface area contributed by atoms with Crippen molar-refractivity contribution in [2.75, 3.05) is 33.8 Å². The lowest BCUT2D eigenvalue weighted by Crippen LogP contribution is -2.42. The van der Waals surface area contributed by atoms with Crippen molar-refractivity contribution in [2.24, 2.45) is 5.92 Å². The highest BCUT2D eigenvalue weighted by molar-refractivity contribution is 7.20. The molecule has 1 aliphatic rings. The van der Waals surface area contributed by atoms with Gasteiger partial charge in [0.15, 0.2) is 0 Å². The van der Waals surface area contributed by atoms with Crippen LogP contribution in [0.1, 0.15) is 22.5 Å². The Hall–Kier alpha value is -1.43. The fraction of sp³-hybridized carbons (Fsp3) is 0.500. The summed E-state index contributed by atoms with van der Waals surface area (Å²) in [5, 5.41) is 10.7. The second-order valence-electron chi connectivity index (χ2n) is 6.60. The first kappa shape index (κ1) is 16.4. The number of likely N-dealkylation sites (N-methyl/N-ethyl adjacent to an activating group) is 1. The molecule has 2 aromatic rings. The van der Waals surface area contributed by atoms with Crippen LogP contribution in [0.25, 0.3) is 10.1 Å². The Morgan fingerprint density at radius 1 is 1.30 bits per heavy atom. The van der Waals surface area contributed by atoms with Crippen molar-refractivity contribution < 1.29 is 9.90 Å². The van der Waals surface area contributed by atoms with E-state index in [0.29, 0.717) is 12.6 Å². The number of hydrogen-bond donors (Lipinski definition) is 1. The van der Waals surface area contributed by atoms with Gasteiger partial charge in [-0.2, -0.15) is 0 Å². The van der Waals surface area contributed by atoms with Gasteiger partial charge in [0.05, 0.1) is 4.88 Å². The predicted molar refractivity (Wildman–Crippen MR) is 95.0 cm³/mol. The van der Waals surface area contributed by atoms with Gasteiger partial charge in [0, 0.05) is 30.4 Å². The zero-order chi connectivity index (χ0) is 16.4. The Balaban J connectivity index is 1.85. The number of aliphatic hydroxyl groups is 1. The number of aliphatic hydroxyl groups excluding tert-OH is 1. The topological polar surface area (TPSA) is 43.8 Å². The number of likely N-dealkylation sites (tertiary alicyclic amines) is 1. The molecule has 0 unspecified atom stereocenters. The fourth-order valence-electron chi connectivity index (χ4n) is 3.23. The molecule has 0 aliphatic carbocycles. The van der Waals surface area contributed by atoms with Crippen molar-refractivity contribution in [3.05, 3.63) is 35.2 Å². The highest BCUT2D eigenvalue weighted by Gasteiger charge is 2.29. The highest BCUT2D eigenvalue weighted by Crippen LogP contribution is 2.28. The first-order chi connectivity index (χ1) is 11.1.